The Labute approximate surface area is 186 Å². The van der Waals surface area contributed by atoms with E-state index in [2.05, 4.69) is 21.8 Å². The maximum absolute atomic E-state index is 12.4. The van der Waals surface area contributed by atoms with Gasteiger partial charge in [0.2, 0.25) is 0 Å². The molecule has 4 rings (SSSR count). The molecule has 0 radical (unpaired) electrons. The molecule has 3 aromatic heterocycles. The fraction of sp³-hybridized carbons (Fsp3) is 0.348. The third kappa shape index (κ3) is 5.16. The number of hydrogen-bond donors (Lipinski definition) is 0. The van der Waals surface area contributed by atoms with Gasteiger partial charge in [0, 0.05) is 12.7 Å². The van der Waals surface area contributed by atoms with E-state index in [0.29, 0.717) is 30.4 Å². The van der Waals surface area contributed by atoms with Gasteiger partial charge in [-0.3, -0.25) is 4.40 Å². The van der Waals surface area contributed by atoms with E-state index in [4.69, 9.17) is 21.1 Å². The lowest BCUT2D eigenvalue weighted by Crippen LogP contribution is -2.44. The smallest absolute Gasteiger partial charge is 0.410 e. The van der Waals surface area contributed by atoms with Crippen molar-refractivity contribution in [2.75, 3.05) is 19.7 Å². The van der Waals surface area contributed by atoms with Crippen molar-refractivity contribution in [3.8, 4) is 11.8 Å². The second-order valence-corrected chi connectivity index (χ2v) is 8.64. The highest BCUT2D eigenvalue weighted by Crippen LogP contribution is 2.22. The normalized spacial score (nSPS) is 16.6. The zero-order valence-electron chi connectivity index (χ0n) is 17.6. The maximum Gasteiger partial charge on any atom is 0.410 e. The van der Waals surface area contributed by atoms with E-state index in [1.165, 1.54) is 0 Å². The summed E-state index contributed by atoms with van der Waals surface area (Å²) < 4.78 is 13.2. The molecule has 7 nitrogen and oxygen atoms in total. The monoisotopic (exact) mass is 438 g/mol. The molecule has 0 bridgehead atoms. The highest BCUT2D eigenvalue weighted by Gasteiger charge is 2.29. The Morgan fingerprint density at radius 3 is 2.90 bits per heavy atom. The lowest BCUT2D eigenvalue weighted by molar-refractivity contribution is -0.0447. The second kappa shape index (κ2) is 8.58. The van der Waals surface area contributed by atoms with Gasteiger partial charge in [-0.15, -0.1) is 0 Å². The van der Waals surface area contributed by atoms with Crippen LogP contribution in [0, 0.1) is 11.8 Å². The molecule has 1 fully saturated rings. The molecule has 3 aromatic rings. The van der Waals surface area contributed by atoms with E-state index < -0.39 is 5.60 Å². The predicted molar refractivity (Wildman–Crippen MR) is 117 cm³/mol. The zero-order chi connectivity index (χ0) is 22.0. The molecule has 8 heteroatoms. The third-order valence-electron chi connectivity index (χ3n) is 4.61. The largest absolute Gasteiger partial charge is 0.444 e. The minimum Gasteiger partial charge on any atom is -0.444 e. The summed E-state index contributed by atoms with van der Waals surface area (Å²) in [5.41, 5.74) is 2.28. The van der Waals surface area contributed by atoms with Crippen molar-refractivity contribution in [3.05, 3.63) is 64.8 Å². The Morgan fingerprint density at radius 2 is 2.10 bits per heavy atom. The van der Waals surface area contributed by atoms with Crippen molar-refractivity contribution in [1.29, 1.82) is 0 Å². The Bertz CT molecular complexity index is 1170. The van der Waals surface area contributed by atoms with Gasteiger partial charge in [-0.2, -0.15) is 0 Å². The van der Waals surface area contributed by atoms with Crippen LogP contribution in [-0.2, 0) is 9.47 Å². The molecule has 160 valence electrons. The van der Waals surface area contributed by atoms with E-state index >= 15 is 0 Å². The average molecular weight is 439 g/mol. The van der Waals surface area contributed by atoms with Gasteiger partial charge in [0.1, 0.15) is 28.7 Å². The maximum atomic E-state index is 12.4. The van der Waals surface area contributed by atoms with E-state index in [-0.39, 0.29) is 12.2 Å². The number of carbonyl (C=O) groups excluding carboxylic acids is 1. The van der Waals surface area contributed by atoms with Crippen LogP contribution in [0.15, 0.2) is 42.7 Å². The fourth-order valence-electron chi connectivity index (χ4n) is 3.20. The lowest BCUT2D eigenvalue weighted by atomic mass is 10.1. The van der Waals surface area contributed by atoms with Crippen molar-refractivity contribution < 1.29 is 14.3 Å². The highest BCUT2D eigenvalue weighted by atomic mass is 35.5. The number of aromatic nitrogens is 3. The van der Waals surface area contributed by atoms with Gasteiger partial charge in [0.05, 0.1) is 30.1 Å². The van der Waals surface area contributed by atoms with Crippen LogP contribution in [0.25, 0.3) is 5.65 Å². The van der Waals surface area contributed by atoms with Crippen LogP contribution in [0.5, 0.6) is 0 Å². The number of ether oxygens (including phenoxy) is 2. The Kier molecular flexibility index (Phi) is 5.86. The summed E-state index contributed by atoms with van der Waals surface area (Å²) in [4.78, 5) is 23.0. The number of halogens is 1. The van der Waals surface area contributed by atoms with Gasteiger partial charge in [-0.05, 0) is 56.9 Å². The molecule has 0 spiro atoms. The summed E-state index contributed by atoms with van der Waals surface area (Å²) in [6, 6.07) is 9.22. The molecule has 1 aliphatic rings. The number of rotatable bonds is 1. The molecule has 4 heterocycles. The van der Waals surface area contributed by atoms with E-state index in [1.54, 1.807) is 23.4 Å². The van der Waals surface area contributed by atoms with Crippen LogP contribution in [-0.4, -0.2) is 50.7 Å². The summed E-state index contributed by atoms with van der Waals surface area (Å²) in [5, 5.41) is 0.609. The van der Waals surface area contributed by atoms with Crippen molar-refractivity contribution in [1.82, 2.24) is 19.3 Å². The SMILES string of the molecule is CC(C)(C)OC(=O)N1CCOC(c2cccc(C#Cc3cnc4ccc(Cl)cn34)n2)C1. The summed E-state index contributed by atoms with van der Waals surface area (Å²) in [6.45, 7) is 6.84. The topological polar surface area (TPSA) is 69.0 Å². The summed E-state index contributed by atoms with van der Waals surface area (Å²) in [5.74, 6) is 6.18. The van der Waals surface area contributed by atoms with E-state index in [9.17, 15) is 4.79 Å². The number of hydrogen-bond acceptors (Lipinski definition) is 5. The molecule has 1 saturated heterocycles. The third-order valence-corrected chi connectivity index (χ3v) is 4.83. The number of morpholine rings is 1. The minimum atomic E-state index is -0.541. The van der Waals surface area contributed by atoms with Crippen LogP contribution in [0.1, 0.15) is 44.0 Å². The first-order valence-corrected chi connectivity index (χ1v) is 10.4. The number of carbonyl (C=O) groups is 1. The number of fused-ring (bicyclic) bond motifs is 1. The molecule has 1 aliphatic heterocycles. The number of amides is 1. The van der Waals surface area contributed by atoms with Crippen LogP contribution >= 0.6 is 11.6 Å². The standard InChI is InChI=1S/C23H23ClN4O3/c1-23(2,3)31-22(29)27-11-12-30-20(15-27)19-6-4-5-17(26-19)8-9-18-13-25-21-10-7-16(24)14-28(18)21/h4-7,10,13-14,20H,11-12,15H2,1-3H3. The Hall–Kier alpha value is -3.08. The second-order valence-electron chi connectivity index (χ2n) is 8.20. The predicted octanol–water partition coefficient (Wildman–Crippen LogP) is 4.09. The van der Waals surface area contributed by atoms with E-state index in [1.807, 2.05) is 49.4 Å². The molecule has 0 N–H and O–H groups in total. The Morgan fingerprint density at radius 1 is 1.26 bits per heavy atom. The zero-order valence-corrected chi connectivity index (χ0v) is 18.4. The molecular formula is C23H23ClN4O3. The van der Waals surface area contributed by atoms with Crippen LogP contribution in [0.3, 0.4) is 0 Å². The molecule has 0 saturated carbocycles. The van der Waals surface area contributed by atoms with Gasteiger partial charge in [-0.1, -0.05) is 17.7 Å². The van der Waals surface area contributed by atoms with Gasteiger partial charge >= 0.3 is 6.09 Å². The number of pyridine rings is 2. The molecule has 0 aliphatic carbocycles. The van der Waals surface area contributed by atoms with Crippen molar-refractivity contribution >= 4 is 23.3 Å². The highest BCUT2D eigenvalue weighted by molar-refractivity contribution is 6.30. The molecule has 1 amide bonds. The molecule has 1 atom stereocenters. The summed E-state index contributed by atoms with van der Waals surface area (Å²) in [6.07, 6.45) is 2.80. The summed E-state index contributed by atoms with van der Waals surface area (Å²) >= 11 is 6.08. The van der Waals surface area contributed by atoms with Crippen LogP contribution in [0.4, 0.5) is 4.79 Å². The first-order valence-electron chi connectivity index (χ1n) is 10.00. The molecular weight excluding hydrogens is 416 g/mol. The molecule has 1 unspecified atom stereocenters. The fourth-order valence-corrected chi connectivity index (χ4v) is 3.36. The first-order chi connectivity index (χ1) is 14.8. The van der Waals surface area contributed by atoms with Crippen LogP contribution in [0.2, 0.25) is 5.02 Å². The number of imidazole rings is 1. The molecule has 0 aromatic carbocycles. The van der Waals surface area contributed by atoms with Gasteiger partial charge in [0.15, 0.2) is 0 Å². The number of nitrogens with zero attached hydrogens (tertiary/aromatic N) is 4. The van der Waals surface area contributed by atoms with E-state index in [0.717, 1.165) is 17.0 Å². The molecule has 31 heavy (non-hydrogen) atoms. The van der Waals surface area contributed by atoms with Gasteiger partial charge < -0.3 is 14.4 Å². The lowest BCUT2D eigenvalue weighted by Gasteiger charge is -2.34. The average Bonchev–Trinajstić information content (AvgIpc) is 3.13. The quantitative estimate of drug-likeness (QED) is 0.535. The van der Waals surface area contributed by atoms with Crippen LogP contribution < -0.4 is 0 Å². The van der Waals surface area contributed by atoms with Gasteiger partial charge in [0.25, 0.3) is 0 Å². The van der Waals surface area contributed by atoms with Crippen molar-refractivity contribution in [2.24, 2.45) is 0 Å². The van der Waals surface area contributed by atoms with Crippen molar-refractivity contribution in [3.63, 3.8) is 0 Å². The summed E-state index contributed by atoms with van der Waals surface area (Å²) in [7, 11) is 0. The minimum absolute atomic E-state index is 0.336. The van der Waals surface area contributed by atoms with Gasteiger partial charge in [-0.25, -0.2) is 14.8 Å². The Balaban J connectivity index is 1.52. The first kappa shape index (κ1) is 21.2. The van der Waals surface area contributed by atoms with Crippen molar-refractivity contribution in [2.45, 2.75) is 32.5 Å².